The zero-order valence-electron chi connectivity index (χ0n) is 12.1. The molecule has 1 aromatic heterocycles. The van der Waals surface area contributed by atoms with Crippen LogP contribution in [0.15, 0.2) is 41.2 Å². The van der Waals surface area contributed by atoms with Crippen LogP contribution in [0, 0.1) is 11.6 Å². The fraction of sp³-hybridized carbons (Fsp3) is 0.0625. The molecule has 8 heteroatoms. The zero-order valence-corrected chi connectivity index (χ0v) is 12.1. The van der Waals surface area contributed by atoms with Crippen LogP contribution >= 0.6 is 0 Å². The van der Waals surface area contributed by atoms with Gasteiger partial charge in [-0.2, -0.15) is 0 Å². The van der Waals surface area contributed by atoms with Gasteiger partial charge in [0.05, 0.1) is 5.52 Å². The topological polar surface area (TPSA) is 95.1 Å². The number of aromatic amines is 1. The number of phenols is 1. The minimum atomic E-state index is -1.31. The van der Waals surface area contributed by atoms with Crippen molar-refractivity contribution in [3.05, 3.63) is 69.8 Å². The number of aromatic hydroxyl groups is 1. The van der Waals surface area contributed by atoms with Crippen molar-refractivity contribution < 1.29 is 18.7 Å². The highest BCUT2D eigenvalue weighted by molar-refractivity contribution is 5.92. The van der Waals surface area contributed by atoms with E-state index in [0.717, 1.165) is 12.1 Å². The van der Waals surface area contributed by atoms with Gasteiger partial charge in [0.1, 0.15) is 11.1 Å². The lowest BCUT2D eigenvalue weighted by molar-refractivity contribution is 0.0940. The molecule has 0 saturated heterocycles. The molecule has 122 valence electrons. The van der Waals surface area contributed by atoms with Gasteiger partial charge in [-0.25, -0.2) is 13.8 Å². The summed E-state index contributed by atoms with van der Waals surface area (Å²) in [6.07, 6.45) is 0. The van der Waals surface area contributed by atoms with Crippen molar-refractivity contribution in [2.24, 2.45) is 0 Å². The molecule has 0 unspecified atom stereocenters. The van der Waals surface area contributed by atoms with E-state index in [1.165, 1.54) is 12.1 Å². The van der Waals surface area contributed by atoms with Gasteiger partial charge in [-0.1, -0.05) is 12.1 Å². The third-order valence-corrected chi connectivity index (χ3v) is 3.34. The van der Waals surface area contributed by atoms with Crippen LogP contribution in [0.25, 0.3) is 10.9 Å². The molecule has 0 bridgehead atoms. The number of nitrogens with one attached hydrogen (secondary N) is 2. The minimum absolute atomic E-state index is 0.0523. The van der Waals surface area contributed by atoms with E-state index in [0.29, 0.717) is 5.56 Å². The van der Waals surface area contributed by atoms with Gasteiger partial charge < -0.3 is 15.4 Å². The van der Waals surface area contributed by atoms with Gasteiger partial charge in [0.25, 0.3) is 11.5 Å². The summed E-state index contributed by atoms with van der Waals surface area (Å²) >= 11 is 0. The van der Waals surface area contributed by atoms with Crippen molar-refractivity contribution in [3.63, 3.8) is 0 Å². The fourth-order valence-electron chi connectivity index (χ4n) is 2.21. The maximum absolute atomic E-state index is 13.6. The molecule has 0 spiro atoms. The first-order chi connectivity index (χ1) is 11.5. The van der Waals surface area contributed by atoms with E-state index >= 15 is 0 Å². The second-order valence-corrected chi connectivity index (χ2v) is 5.02. The normalized spacial score (nSPS) is 10.8. The van der Waals surface area contributed by atoms with E-state index in [-0.39, 0.29) is 23.6 Å². The first-order valence-corrected chi connectivity index (χ1v) is 6.90. The molecule has 0 aliphatic carbocycles. The highest BCUT2D eigenvalue weighted by Gasteiger charge is 2.16. The van der Waals surface area contributed by atoms with Crippen molar-refractivity contribution in [1.82, 2.24) is 15.3 Å². The van der Waals surface area contributed by atoms with E-state index in [4.69, 9.17) is 0 Å². The Labute approximate surface area is 133 Å². The quantitative estimate of drug-likeness (QED) is 0.682. The summed E-state index contributed by atoms with van der Waals surface area (Å²) < 4.78 is 26.8. The SMILES string of the molecule is O=C(NCc1cccc(O)c1)c1nc2ccc(F)c(F)c2c(=O)[nH]1. The first kappa shape index (κ1) is 15.6. The van der Waals surface area contributed by atoms with E-state index in [9.17, 15) is 23.5 Å². The van der Waals surface area contributed by atoms with E-state index < -0.39 is 28.5 Å². The van der Waals surface area contributed by atoms with Crippen LogP contribution in [0.4, 0.5) is 8.78 Å². The number of amides is 1. The number of carbonyl (C=O) groups excluding carboxylic acids is 1. The number of carbonyl (C=O) groups is 1. The van der Waals surface area contributed by atoms with Crippen molar-refractivity contribution in [3.8, 4) is 5.75 Å². The second kappa shape index (κ2) is 6.07. The molecule has 3 N–H and O–H groups in total. The molecule has 1 amide bonds. The molecule has 2 aromatic carbocycles. The average Bonchev–Trinajstić information content (AvgIpc) is 2.55. The maximum atomic E-state index is 13.6. The van der Waals surface area contributed by atoms with Crippen LogP contribution in [0.3, 0.4) is 0 Å². The molecule has 1 heterocycles. The number of hydrogen-bond acceptors (Lipinski definition) is 4. The monoisotopic (exact) mass is 331 g/mol. The van der Waals surface area contributed by atoms with E-state index in [1.807, 2.05) is 0 Å². The Morgan fingerprint density at radius 1 is 1.25 bits per heavy atom. The molecule has 0 aliphatic rings. The van der Waals surface area contributed by atoms with Crippen LogP contribution in [-0.2, 0) is 6.54 Å². The Hall–Kier alpha value is -3.29. The Kier molecular flexibility index (Phi) is 3.95. The molecule has 0 atom stereocenters. The molecule has 6 nitrogen and oxygen atoms in total. The van der Waals surface area contributed by atoms with Gasteiger partial charge in [-0.15, -0.1) is 0 Å². The van der Waals surface area contributed by atoms with Gasteiger partial charge in [0.15, 0.2) is 17.5 Å². The van der Waals surface area contributed by atoms with Crippen molar-refractivity contribution in [1.29, 1.82) is 0 Å². The summed E-state index contributed by atoms with van der Waals surface area (Å²) in [4.78, 5) is 29.9. The highest BCUT2D eigenvalue weighted by atomic mass is 19.2. The lowest BCUT2D eigenvalue weighted by Gasteiger charge is -2.06. The molecule has 0 radical (unpaired) electrons. The number of rotatable bonds is 3. The van der Waals surface area contributed by atoms with Gasteiger partial charge in [-0.05, 0) is 29.8 Å². The molecule has 3 aromatic rings. The summed E-state index contributed by atoms with van der Waals surface area (Å²) in [5, 5.41) is 11.3. The maximum Gasteiger partial charge on any atom is 0.287 e. The van der Waals surface area contributed by atoms with Crippen LogP contribution in [0.5, 0.6) is 5.75 Å². The molecule has 24 heavy (non-hydrogen) atoms. The number of halogens is 2. The van der Waals surface area contributed by atoms with Gasteiger partial charge in [-0.3, -0.25) is 9.59 Å². The Bertz CT molecular complexity index is 1000. The number of fused-ring (bicyclic) bond motifs is 1. The predicted molar refractivity (Wildman–Crippen MR) is 81.6 cm³/mol. The fourth-order valence-corrected chi connectivity index (χ4v) is 2.21. The van der Waals surface area contributed by atoms with Crippen LogP contribution < -0.4 is 10.9 Å². The molecule has 0 aliphatic heterocycles. The average molecular weight is 331 g/mol. The second-order valence-electron chi connectivity index (χ2n) is 5.02. The summed E-state index contributed by atoms with van der Waals surface area (Å²) in [6, 6.07) is 8.21. The third kappa shape index (κ3) is 2.94. The minimum Gasteiger partial charge on any atom is -0.508 e. The summed E-state index contributed by atoms with van der Waals surface area (Å²) in [6.45, 7) is 0.0900. The van der Waals surface area contributed by atoms with Crippen LogP contribution in [0.1, 0.15) is 16.2 Å². The predicted octanol–water partition coefficient (Wildman–Crippen LogP) is 1.84. The number of aromatic nitrogens is 2. The summed E-state index contributed by atoms with van der Waals surface area (Å²) in [5.74, 6) is -3.44. The number of nitrogens with zero attached hydrogens (tertiary/aromatic N) is 1. The van der Waals surface area contributed by atoms with Gasteiger partial charge in [0.2, 0.25) is 0 Å². The van der Waals surface area contributed by atoms with Gasteiger partial charge >= 0.3 is 0 Å². The van der Waals surface area contributed by atoms with E-state index in [2.05, 4.69) is 15.3 Å². The van der Waals surface area contributed by atoms with Crippen LogP contribution in [-0.4, -0.2) is 21.0 Å². The molecule has 3 rings (SSSR count). The standard InChI is InChI=1S/C16H11F2N3O3/c17-10-4-5-11-12(13(10)18)15(23)21-14(20-11)16(24)19-7-8-2-1-3-9(22)6-8/h1-6,22H,7H2,(H,19,24)(H,20,21,23). The largest absolute Gasteiger partial charge is 0.508 e. The van der Waals surface area contributed by atoms with Crippen molar-refractivity contribution in [2.75, 3.05) is 0 Å². The lowest BCUT2D eigenvalue weighted by Crippen LogP contribution is -2.27. The third-order valence-electron chi connectivity index (χ3n) is 3.34. The van der Waals surface area contributed by atoms with Crippen molar-refractivity contribution >= 4 is 16.8 Å². The van der Waals surface area contributed by atoms with E-state index in [1.54, 1.807) is 12.1 Å². The molecular weight excluding hydrogens is 320 g/mol. The van der Waals surface area contributed by atoms with Crippen LogP contribution in [0.2, 0.25) is 0 Å². The Morgan fingerprint density at radius 2 is 2.04 bits per heavy atom. The smallest absolute Gasteiger partial charge is 0.287 e. The molecule has 0 fully saturated rings. The Morgan fingerprint density at radius 3 is 2.79 bits per heavy atom. The summed E-state index contributed by atoms with van der Waals surface area (Å²) in [7, 11) is 0. The van der Waals surface area contributed by atoms with Crippen molar-refractivity contribution in [2.45, 2.75) is 6.54 Å². The number of benzene rings is 2. The summed E-state index contributed by atoms with van der Waals surface area (Å²) in [5.41, 5.74) is -0.431. The van der Waals surface area contributed by atoms with Gasteiger partial charge in [0, 0.05) is 6.54 Å². The lowest BCUT2D eigenvalue weighted by atomic mass is 10.2. The molecular formula is C16H11F2N3O3. The number of H-pyrrole nitrogens is 1. The number of phenolic OH excluding ortho intramolecular Hbond substituents is 1. The Balaban J connectivity index is 1.88. The molecule has 0 saturated carbocycles. The number of hydrogen-bond donors (Lipinski definition) is 3. The first-order valence-electron chi connectivity index (χ1n) is 6.90. The zero-order chi connectivity index (χ0) is 17.3. The highest BCUT2D eigenvalue weighted by Crippen LogP contribution is 2.15.